The van der Waals surface area contributed by atoms with Crippen molar-refractivity contribution in [2.24, 2.45) is 0 Å². The quantitative estimate of drug-likeness (QED) is 0.0921. The van der Waals surface area contributed by atoms with Gasteiger partial charge in [0.1, 0.15) is 36.3 Å². The Labute approximate surface area is 563 Å². The Balaban J connectivity index is 0.643. The van der Waals surface area contributed by atoms with Gasteiger partial charge >= 0.3 is 0 Å². The molecule has 0 saturated heterocycles. The van der Waals surface area contributed by atoms with E-state index in [0.29, 0.717) is 48.7 Å². The summed E-state index contributed by atoms with van der Waals surface area (Å²) in [7, 11) is 2.10. The minimum atomic E-state index is -2.40. The summed E-state index contributed by atoms with van der Waals surface area (Å²) in [5, 5.41) is 0. The minimum Gasteiger partial charge on any atom is -0.457 e. The number of anilines is 20. The van der Waals surface area contributed by atoms with E-state index in [9.17, 15) is 0 Å². The summed E-state index contributed by atoms with van der Waals surface area (Å²) in [6.45, 7) is -0.515. The number of hydrogen-bond donors (Lipinski definition) is 0. The molecule has 96 heavy (non-hydrogen) atoms. The Bertz CT molecular complexity index is 5020. The molecule has 0 atom stereocenters. The Kier molecular flexibility index (Phi) is 13.7. The van der Waals surface area contributed by atoms with E-state index in [-0.39, 0.29) is 6.67 Å². The van der Waals surface area contributed by atoms with Gasteiger partial charge in [0.15, 0.2) is 0 Å². The van der Waals surface area contributed by atoms with E-state index < -0.39 is 6.98 Å². The number of hydrogen-bond acceptors (Lipinski definition) is 14. The number of ether oxygens (including phenoxy) is 2. The first kappa shape index (κ1) is 53.9. The first-order valence-corrected chi connectivity index (χ1v) is 32.1. The van der Waals surface area contributed by atoms with Crippen LogP contribution < -0.4 is 58.5 Å². The highest BCUT2D eigenvalue weighted by Crippen LogP contribution is 2.51. The molecule has 6 heterocycles. The van der Waals surface area contributed by atoms with Crippen molar-refractivity contribution in [3.8, 4) is 23.0 Å². The minimum absolute atomic E-state index is 0.0919. The van der Waals surface area contributed by atoms with E-state index in [4.69, 9.17) is 13.6 Å². The molecule has 4 aliphatic heterocycles. The van der Waals surface area contributed by atoms with Gasteiger partial charge in [0, 0.05) is 124 Å². The monoisotopic (exact) mass is 1250 g/mol. The number of fused-ring (bicyclic) bond motifs is 4. The summed E-state index contributed by atoms with van der Waals surface area (Å²) >= 11 is 0. The molecule has 14 nitrogen and oxygen atoms in total. The fraction of sp³-hybridized carbons (Fsp3) is 0.0732. The fourth-order valence-corrected chi connectivity index (χ4v) is 13.7. The largest absolute Gasteiger partial charge is 0.457 e. The van der Waals surface area contributed by atoms with E-state index in [1.165, 1.54) is 4.90 Å². The van der Waals surface area contributed by atoms with Crippen molar-refractivity contribution in [2.45, 2.75) is 0 Å². The summed E-state index contributed by atoms with van der Waals surface area (Å²) in [4.78, 5) is 30.6. The Morgan fingerprint density at radius 3 is 1.01 bits per heavy atom. The molecule has 4 aliphatic rings. The SMILES string of the molecule is [2H]C([2H])([2H])N1CN(c2cc(Oc3cccc(N4CN(c5ccc(N6CN(c7cccc(Oc8cc(N9CN(C)c%10cnccc%109)cc(N(c9ccccc9)c9ccccc9)c8)c7)c7ccccc76)cc5)c5ccccc54)c3)cc(N(c3ccccc3)c3ccccc3)c2)c2ccncc21. The summed E-state index contributed by atoms with van der Waals surface area (Å²) in [5.74, 6) is 2.64. The summed E-state index contributed by atoms with van der Waals surface area (Å²) in [6.07, 6.45) is 7.10. The van der Waals surface area contributed by atoms with Crippen molar-refractivity contribution in [1.82, 2.24) is 9.97 Å². The van der Waals surface area contributed by atoms with Gasteiger partial charge in [-0.2, -0.15) is 0 Å². The van der Waals surface area contributed by atoms with Crippen molar-refractivity contribution < 1.29 is 13.6 Å². The summed E-state index contributed by atoms with van der Waals surface area (Å²) in [5.41, 5.74) is 19.4. The first-order valence-electron chi connectivity index (χ1n) is 33.6. The smallest absolute Gasteiger partial charge is 0.131 e. The van der Waals surface area contributed by atoms with Crippen LogP contribution in [-0.2, 0) is 0 Å². The summed E-state index contributed by atoms with van der Waals surface area (Å²) < 4.78 is 39.5. The first-order chi connectivity index (χ1) is 48.6. The number of para-hydroxylation sites is 8. The van der Waals surface area contributed by atoms with Gasteiger partial charge in [-0.05, 0) is 146 Å². The number of pyridine rings is 2. The Morgan fingerprint density at radius 1 is 0.281 bits per heavy atom. The lowest BCUT2D eigenvalue weighted by Gasteiger charge is -2.28. The van der Waals surface area contributed by atoms with Gasteiger partial charge in [-0.3, -0.25) is 9.97 Å². The molecule has 0 spiro atoms. The van der Waals surface area contributed by atoms with Gasteiger partial charge in [0.05, 0.1) is 82.6 Å². The molecular formula is C82H66N12O2. The summed E-state index contributed by atoms with van der Waals surface area (Å²) in [6, 6.07) is 100. The van der Waals surface area contributed by atoms with Gasteiger partial charge in [-0.15, -0.1) is 0 Å². The second kappa shape index (κ2) is 24.4. The van der Waals surface area contributed by atoms with Crippen LogP contribution in [0.25, 0.3) is 0 Å². The van der Waals surface area contributed by atoms with Crippen LogP contribution >= 0.6 is 0 Å². The molecule has 14 heteroatoms. The van der Waals surface area contributed by atoms with Crippen LogP contribution in [0.3, 0.4) is 0 Å². The molecule has 0 aliphatic carbocycles. The van der Waals surface area contributed by atoms with E-state index in [0.717, 1.165) is 108 Å². The maximum atomic E-state index is 8.49. The molecule has 0 amide bonds. The maximum absolute atomic E-state index is 8.49. The lowest BCUT2D eigenvalue weighted by molar-refractivity contribution is 0.482. The highest BCUT2D eigenvalue weighted by molar-refractivity contribution is 5.92. The molecule has 2 aromatic heterocycles. The lowest BCUT2D eigenvalue weighted by atomic mass is 10.1. The van der Waals surface area contributed by atoms with Crippen LogP contribution in [0, 0.1) is 0 Å². The number of aromatic nitrogens is 2. The normalized spacial score (nSPS) is 14.2. The van der Waals surface area contributed by atoms with Crippen LogP contribution in [-0.4, -0.2) is 50.7 Å². The molecule has 0 fully saturated rings. The number of nitrogens with zero attached hydrogens (tertiary/aromatic N) is 12. The maximum Gasteiger partial charge on any atom is 0.131 e. The van der Waals surface area contributed by atoms with Crippen molar-refractivity contribution in [3.63, 3.8) is 0 Å². The van der Waals surface area contributed by atoms with Crippen molar-refractivity contribution >= 4 is 114 Å². The van der Waals surface area contributed by atoms with Crippen LogP contribution in [0.5, 0.6) is 23.0 Å². The molecule has 0 saturated carbocycles. The Hall–Kier alpha value is -12.7. The van der Waals surface area contributed by atoms with Gasteiger partial charge in [0.2, 0.25) is 0 Å². The van der Waals surface area contributed by atoms with E-state index >= 15 is 0 Å². The highest BCUT2D eigenvalue weighted by Gasteiger charge is 2.33. The molecule has 0 N–H and O–H groups in total. The van der Waals surface area contributed by atoms with Crippen LogP contribution in [0.2, 0.25) is 0 Å². The second-order valence-corrected chi connectivity index (χ2v) is 24.1. The third-order valence-corrected chi connectivity index (χ3v) is 18.1. The van der Waals surface area contributed by atoms with Crippen LogP contribution in [0.15, 0.2) is 316 Å². The molecule has 466 valence electrons. The highest BCUT2D eigenvalue weighted by atomic mass is 16.5. The van der Waals surface area contributed by atoms with Crippen molar-refractivity contribution in [3.05, 3.63) is 316 Å². The molecule has 0 unspecified atom stereocenters. The van der Waals surface area contributed by atoms with E-state index in [1.54, 1.807) is 12.4 Å². The molecule has 11 aromatic carbocycles. The number of rotatable bonds is 16. The van der Waals surface area contributed by atoms with Crippen molar-refractivity contribution in [1.29, 1.82) is 0 Å². The second-order valence-electron chi connectivity index (χ2n) is 24.1. The van der Waals surface area contributed by atoms with Gasteiger partial charge in [-0.25, -0.2) is 0 Å². The average Bonchev–Trinajstić information content (AvgIpc) is 1.69. The van der Waals surface area contributed by atoms with E-state index in [2.05, 4.69) is 262 Å². The third kappa shape index (κ3) is 10.7. The topological polar surface area (TPSA) is 76.6 Å². The van der Waals surface area contributed by atoms with Crippen LogP contribution in [0.4, 0.5) is 114 Å². The zero-order valence-corrected chi connectivity index (χ0v) is 52.5. The Morgan fingerprint density at radius 2 is 0.615 bits per heavy atom. The number of benzene rings is 11. The lowest BCUT2D eigenvalue weighted by Crippen LogP contribution is -2.25. The molecule has 13 aromatic rings. The predicted octanol–water partition coefficient (Wildman–Crippen LogP) is 20.6. The van der Waals surface area contributed by atoms with Gasteiger partial charge < -0.3 is 58.5 Å². The van der Waals surface area contributed by atoms with Gasteiger partial charge in [0.25, 0.3) is 0 Å². The molecule has 0 radical (unpaired) electrons. The van der Waals surface area contributed by atoms with Gasteiger partial charge in [-0.1, -0.05) is 109 Å². The van der Waals surface area contributed by atoms with Crippen molar-refractivity contribution in [2.75, 3.05) is 89.7 Å². The molecule has 17 rings (SSSR count). The zero-order chi connectivity index (χ0) is 66.6. The fourth-order valence-electron chi connectivity index (χ4n) is 13.7. The van der Waals surface area contributed by atoms with E-state index in [1.807, 2.05) is 102 Å². The van der Waals surface area contributed by atoms with Crippen LogP contribution in [0.1, 0.15) is 4.11 Å². The molecule has 0 bridgehead atoms. The zero-order valence-electron chi connectivity index (χ0n) is 55.5. The third-order valence-electron chi connectivity index (χ3n) is 18.1. The standard InChI is InChI=1S/C82H66N12O2/c1-85-55-87(79-41-43-83-53-81(79)85)67-45-69(93(61-21-7-3-8-22-61)62-23-9-4-10-24-62)51-73(49-67)95-71-31-19-29-65(47-71)91-57-89(75-33-15-17-35-77(75)91)59-37-39-60(40-38-59)90-58-92(78-36-18-16-34-76(78)90)66-30-20-32-72(48-66)96-74-50-68(88-56-86(2)82-54-84-44-42-80(82)88)46-70(52-74)94(63-25-11-5-12-26-63)64-27-13-6-14-28-64/h3-54H,55-58H2,1-2H3/i1D3. The predicted molar refractivity (Wildman–Crippen MR) is 392 cm³/mol. The molecular weight excluding hydrogens is 1180 g/mol. The average molecular weight is 1250 g/mol.